The summed E-state index contributed by atoms with van der Waals surface area (Å²) in [4.78, 5) is 27.5. The Morgan fingerprint density at radius 2 is 2.27 bits per heavy atom. The van der Waals surface area contributed by atoms with E-state index in [2.05, 4.69) is 0 Å². The lowest BCUT2D eigenvalue weighted by Crippen LogP contribution is -2.49. The number of rotatable bonds is 2. The molecular formula is C15H17ClN2O4. The summed E-state index contributed by atoms with van der Waals surface area (Å²) in [6.45, 7) is 0.767. The predicted octanol–water partition coefficient (Wildman–Crippen LogP) is 1.05. The van der Waals surface area contributed by atoms with Crippen molar-refractivity contribution in [1.29, 1.82) is 0 Å². The van der Waals surface area contributed by atoms with E-state index in [0.717, 1.165) is 6.42 Å². The molecule has 3 rings (SSSR count). The van der Waals surface area contributed by atoms with Crippen LogP contribution in [-0.2, 0) is 9.59 Å². The minimum Gasteiger partial charge on any atom is -0.482 e. The van der Waals surface area contributed by atoms with Crippen LogP contribution in [0.2, 0.25) is 5.02 Å². The normalized spacial score (nSPS) is 21.4. The average Bonchev–Trinajstić information content (AvgIpc) is 2.50. The van der Waals surface area contributed by atoms with Crippen LogP contribution < -0.4 is 9.64 Å². The molecule has 6 nitrogen and oxygen atoms in total. The topological polar surface area (TPSA) is 70.1 Å². The molecule has 1 N–H and O–H groups in total. The lowest BCUT2D eigenvalue weighted by molar-refractivity contribution is -0.134. The molecule has 0 spiro atoms. The molecule has 118 valence electrons. The SMILES string of the molecule is O=C(CN1C(=O)COc2ccc(Cl)cc21)N1CCCC(O)C1. The van der Waals surface area contributed by atoms with Gasteiger partial charge in [-0.05, 0) is 31.0 Å². The van der Waals surface area contributed by atoms with E-state index in [-0.39, 0.29) is 25.0 Å². The lowest BCUT2D eigenvalue weighted by Gasteiger charge is -2.34. The van der Waals surface area contributed by atoms with Gasteiger partial charge in [0.2, 0.25) is 5.91 Å². The number of halogens is 1. The molecular weight excluding hydrogens is 308 g/mol. The summed E-state index contributed by atoms with van der Waals surface area (Å²) in [5, 5.41) is 10.1. The Morgan fingerprint density at radius 1 is 1.45 bits per heavy atom. The number of likely N-dealkylation sites (tertiary alicyclic amines) is 1. The molecule has 2 aliphatic heterocycles. The van der Waals surface area contributed by atoms with Crippen LogP contribution in [0.15, 0.2) is 18.2 Å². The highest BCUT2D eigenvalue weighted by Crippen LogP contribution is 2.34. The van der Waals surface area contributed by atoms with E-state index >= 15 is 0 Å². The van der Waals surface area contributed by atoms with Crippen molar-refractivity contribution >= 4 is 29.1 Å². The van der Waals surface area contributed by atoms with Crippen LogP contribution >= 0.6 is 11.6 Å². The van der Waals surface area contributed by atoms with Gasteiger partial charge in [0, 0.05) is 18.1 Å². The summed E-state index contributed by atoms with van der Waals surface area (Å²) < 4.78 is 5.35. The molecule has 1 aromatic carbocycles. The molecule has 0 saturated carbocycles. The van der Waals surface area contributed by atoms with Crippen molar-refractivity contribution in [1.82, 2.24) is 4.90 Å². The van der Waals surface area contributed by atoms with Gasteiger partial charge in [0.1, 0.15) is 12.3 Å². The number of fused-ring (bicyclic) bond motifs is 1. The monoisotopic (exact) mass is 324 g/mol. The molecule has 0 aliphatic carbocycles. The Morgan fingerprint density at radius 3 is 3.05 bits per heavy atom. The number of aliphatic hydroxyl groups is 1. The van der Waals surface area contributed by atoms with Crippen LogP contribution in [0.3, 0.4) is 0 Å². The first-order valence-electron chi connectivity index (χ1n) is 7.23. The van der Waals surface area contributed by atoms with Crippen LogP contribution in [0.4, 0.5) is 5.69 Å². The third-order valence-corrected chi connectivity index (χ3v) is 4.14. The second-order valence-electron chi connectivity index (χ2n) is 5.52. The zero-order valence-corrected chi connectivity index (χ0v) is 12.8. The van der Waals surface area contributed by atoms with Crippen molar-refractivity contribution < 1.29 is 19.4 Å². The van der Waals surface area contributed by atoms with Crippen LogP contribution in [-0.4, -0.2) is 54.2 Å². The second kappa shape index (κ2) is 6.14. The summed E-state index contributed by atoms with van der Waals surface area (Å²) in [6, 6.07) is 4.98. The van der Waals surface area contributed by atoms with E-state index in [1.165, 1.54) is 4.90 Å². The Balaban J connectivity index is 1.78. The molecule has 2 amide bonds. The zero-order chi connectivity index (χ0) is 15.7. The van der Waals surface area contributed by atoms with Crippen molar-refractivity contribution in [3.05, 3.63) is 23.2 Å². The molecule has 1 fully saturated rings. The molecule has 1 aromatic rings. The molecule has 1 saturated heterocycles. The number of aliphatic hydroxyl groups excluding tert-OH is 1. The number of carbonyl (C=O) groups is 2. The largest absolute Gasteiger partial charge is 0.482 e. The molecule has 22 heavy (non-hydrogen) atoms. The molecule has 1 unspecified atom stereocenters. The predicted molar refractivity (Wildman–Crippen MR) is 81.1 cm³/mol. The van der Waals surface area contributed by atoms with Gasteiger partial charge < -0.3 is 14.7 Å². The van der Waals surface area contributed by atoms with Gasteiger partial charge in [-0.25, -0.2) is 0 Å². The van der Waals surface area contributed by atoms with Crippen LogP contribution in [0.25, 0.3) is 0 Å². The van der Waals surface area contributed by atoms with E-state index in [0.29, 0.717) is 36.0 Å². The fourth-order valence-electron chi connectivity index (χ4n) is 2.77. The standard InChI is InChI=1S/C15H17ClN2O4/c16-10-3-4-13-12(6-10)18(15(21)9-22-13)8-14(20)17-5-1-2-11(19)7-17/h3-4,6,11,19H,1-2,5,7-9H2. The highest BCUT2D eigenvalue weighted by molar-refractivity contribution is 6.31. The summed E-state index contributed by atoms with van der Waals surface area (Å²) in [7, 11) is 0. The smallest absolute Gasteiger partial charge is 0.265 e. The number of amides is 2. The van der Waals surface area contributed by atoms with Gasteiger partial charge in [-0.2, -0.15) is 0 Å². The van der Waals surface area contributed by atoms with Crippen molar-refractivity contribution in [2.45, 2.75) is 18.9 Å². The molecule has 0 aromatic heterocycles. The number of carbonyl (C=O) groups excluding carboxylic acids is 2. The molecule has 0 bridgehead atoms. The number of piperidine rings is 1. The van der Waals surface area contributed by atoms with Crippen LogP contribution in [0.1, 0.15) is 12.8 Å². The number of ether oxygens (including phenoxy) is 1. The number of nitrogens with zero attached hydrogens (tertiary/aromatic N) is 2. The maximum Gasteiger partial charge on any atom is 0.265 e. The number of benzene rings is 1. The highest BCUT2D eigenvalue weighted by Gasteiger charge is 2.30. The Bertz CT molecular complexity index is 607. The summed E-state index contributed by atoms with van der Waals surface area (Å²) in [6.07, 6.45) is 0.991. The average molecular weight is 325 g/mol. The van der Waals surface area contributed by atoms with Gasteiger partial charge in [0.15, 0.2) is 6.61 Å². The van der Waals surface area contributed by atoms with Crippen molar-refractivity contribution in [2.24, 2.45) is 0 Å². The molecule has 2 heterocycles. The van der Waals surface area contributed by atoms with E-state index in [1.807, 2.05) is 0 Å². The van der Waals surface area contributed by atoms with Gasteiger partial charge in [-0.1, -0.05) is 11.6 Å². The van der Waals surface area contributed by atoms with Gasteiger partial charge in [-0.3, -0.25) is 14.5 Å². The number of β-amino-alcohol motifs (C(OH)–C–C–N with tert-alkyl or cyclic N) is 1. The molecule has 7 heteroatoms. The van der Waals surface area contributed by atoms with E-state index in [4.69, 9.17) is 16.3 Å². The highest BCUT2D eigenvalue weighted by atomic mass is 35.5. The number of hydrogen-bond donors (Lipinski definition) is 1. The lowest BCUT2D eigenvalue weighted by atomic mass is 10.1. The summed E-state index contributed by atoms with van der Waals surface area (Å²) in [5.41, 5.74) is 0.509. The summed E-state index contributed by atoms with van der Waals surface area (Å²) >= 11 is 5.97. The molecule has 0 radical (unpaired) electrons. The van der Waals surface area contributed by atoms with Crippen LogP contribution in [0.5, 0.6) is 5.75 Å². The second-order valence-corrected chi connectivity index (χ2v) is 5.95. The van der Waals surface area contributed by atoms with Crippen LogP contribution in [0, 0.1) is 0 Å². The first-order valence-corrected chi connectivity index (χ1v) is 7.61. The molecule has 2 aliphatic rings. The van der Waals surface area contributed by atoms with E-state index in [1.54, 1.807) is 23.1 Å². The maximum atomic E-state index is 12.4. The first kappa shape index (κ1) is 15.1. The minimum atomic E-state index is -0.486. The van der Waals surface area contributed by atoms with Crippen molar-refractivity contribution in [3.8, 4) is 5.75 Å². The molecule has 1 atom stereocenters. The number of anilines is 1. The fraction of sp³-hybridized carbons (Fsp3) is 0.467. The zero-order valence-electron chi connectivity index (χ0n) is 12.0. The Hall–Kier alpha value is -1.79. The number of hydrogen-bond acceptors (Lipinski definition) is 4. The van der Waals surface area contributed by atoms with Crippen molar-refractivity contribution in [3.63, 3.8) is 0 Å². The first-order chi connectivity index (χ1) is 10.5. The Kier molecular flexibility index (Phi) is 4.22. The third kappa shape index (κ3) is 3.03. The van der Waals surface area contributed by atoms with Gasteiger partial charge >= 0.3 is 0 Å². The van der Waals surface area contributed by atoms with E-state index < -0.39 is 6.10 Å². The van der Waals surface area contributed by atoms with Gasteiger partial charge in [0.25, 0.3) is 5.91 Å². The van der Waals surface area contributed by atoms with Gasteiger partial charge in [-0.15, -0.1) is 0 Å². The minimum absolute atomic E-state index is 0.0672. The quantitative estimate of drug-likeness (QED) is 0.882. The maximum absolute atomic E-state index is 12.4. The Labute approximate surface area is 133 Å². The van der Waals surface area contributed by atoms with Gasteiger partial charge in [0.05, 0.1) is 11.8 Å². The van der Waals surface area contributed by atoms with E-state index in [9.17, 15) is 14.7 Å². The van der Waals surface area contributed by atoms with Crippen molar-refractivity contribution in [2.75, 3.05) is 31.1 Å². The fourth-order valence-corrected chi connectivity index (χ4v) is 2.93. The third-order valence-electron chi connectivity index (χ3n) is 3.91. The summed E-state index contributed by atoms with van der Waals surface area (Å²) in [5.74, 6) is 0.0797.